The number of carbonyl (C=O) groups excluding carboxylic acids is 6. The summed E-state index contributed by atoms with van der Waals surface area (Å²) in [5.41, 5.74) is 6.81. The summed E-state index contributed by atoms with van der Waals surface area (Å²) in [6, 6.07) is 2.51. The zero-order chi connectivity index (χ0) is 46.5. The number of primary amides is 1. The van der Waals surface area contributed by atoms with Crippen molar-refractivity contribution < 1.29 is 67.1 Å². The molecule has 24 heteroatoms. The van der Waals surface area contributed by atoms with Gasteiger partial charge in [-0.3, -0.25) is 33.3 Å². The topological polar surface area (TPSA) is 336 Å². The van der Waals surface area contributed by atoms with Gasteiger partial charge in [0.1, 0.15) is 36.3 Å². The third-order valence-corrected chi connectivity index (χ3v) is 10.2. The number of nitrogens with one attached hydrogen (secondary N) is 5. The number of aryl methyl sites for hydroxylation is 1. The summed E-state index contributed by atoms with van der Waals surface area (Å²) in [5, 5.41) is 23.9. The number of nitrogens with zero attached hydrogens (tertiary/aromatic N) is 3. The second-order valence-corrected chi connectivity index (χ2v) is 16.4. The SMILES string of the molecule is COCCOCCC(=O)N1C[C@@H](O/N=C\CCc2ccccc2)C[C@H]1C(=O)N[C@@H](CC(C)C)C(=O)N[C@@H](Cc1cnc[nH]1)C(=O)N[C@@H](CO)C(=O)N[C@H](C(N)=O)C(C)OP(=O)(O)O. The highest BCUT2D eigenvalue weighted by Crippen LogP contribution is 2.38. The normalized spacial score (nSPS) is 17.7. The zero-order valence-electron chi connectivity index (χ0n) is 35.7. The Morgan fingerprint density at radius 1 is 0.984 bits per heavy atom. The Morgan fingerprint density at radius 3 is 2.29 bits per heavy atom. The van der Waals surface area contributed by atoms with E-state index in [0.717, 1.165) is 18.9 Å². The average molecular weight is 910 g/mol. The molecule has 7 atom stereocenters. The van der Waals surface area contributed by atoms with Gasteiger partial charge in [-0.05, 0) is 37.7 Å². The van der Waals surface area contributed by atoms with Crippen molar-refractivity contribution in [2.24, 2.45) is 16.8 Å². The summed E-state index contributed by atoms with van der Waals surface area (Å²) in [4.78, 5) is 113. The van der Waals surface area contributed by atoms with Crippen molar-refractivity contribution in [1.29, 1.82) is 0 Å². The maximum Gasteiger partial charge on any atom is 0.469 e. The predicted octanol–water partition coefficient (Wildman–Crippen LogP) is -1.43. The van der Waals surface area contributed by atoms with Crippen LogP contribution in [0.5, 0.6) is 0 Å². The molecule has 350 valence electrons. The van der Waals surface area contributed by atoms with E-state index >= 15 is 0 Å². The van der Waals surface area contributed by atoms with Gasteiger partial charge in [-0.2, -0.15) is 0 Å². The molecule has 0 bridgehead atoms. The van der Waals surface area contributed by atoms with Gasteiger partial charge in [0.15, 0.2) is 0 Å². The molecule has 0 spiro atoms. The first-order valence-corrected chi connectivity index (χ1v) is 21.9. The molecule has 0 radical (unpaired) electrons. The van der Waals surface area contributed by atoms with Crippen LogP contribution in [-0.2, 0) is 65.0 Å². The predicted molar refractivity (Wildman–Crippen MR) is 224 cm³/mol. The number of imidazole rings is 1. The molecule has 2 heterocycles. The second-order valence-electron chi connectivity index (χ2n) is 15.2. The number of ether oxygens (including phenoxy) is 2. The van der Waals surface area contributed by atoms with E-state index in [-0.39, 0.29) is 57.3 Å². The lowest BCUT2D eigenvalue weighted by Crippen LogP contribution is -2.61. The number of nitrogens with two attached hydrogens (primary N) is 1. The number of aromatic nitrogens is 2. The Hall–Kier alpha value is -5.29. The number of benzene rings is 1. The van der Waals surface area contributed by atoms with Gasteiger partial charge in [-0.25, -0.2) is 9.55 Å². The first-order valence-electron chi connectivity index (χ1n) is 20.3. The van der Waals surface area contributed by atoms with E-state index in [1.807, 2.05) is 44.2 Å². The van der Waals surface area contributed by atoms with Gasteiger partial charge in [0, 0.05) is 38.1 Å². The van der Waals surface area contributed by atoms with E-state index in [4.69, 9.17) is 29.8 Å². The summed E-state index contributed by atoms with van der Waals surface area (Å²) in [6.45, 7) is 4.37. The number of phosphoric acid groups is 1. The molecule has 23 nitrogen and oxygen atoms in total. The number of methoxy groups -OCH3 is 1. The number of aliphatic hydroxyl groups is 1. The van der Waals surface area contributed by atoms with Crippen LogP contribution in [0.25, 0.3) is 0 Å². The molecular weight excluding hydrogens is 849 g/mol. The highest BCUT2D eigenvalue weighted by molar-refractivity contribution is 7.46. The quantitative estimate of drug-likeness (QED) is 0.0205. The van der Waals surface area contributed by atoms with Gasteiger partial charge in [0.2, 0.25) is 35.4 Å². The Bertz CT molecular complexity index is 1850. The molecule has 2 aromatic rings. The number of likely N-dealkylation sites (tertiary alicyclic amines) is 1. The minimum absolute atomic E-state index is 0.0356. The molecule has 3 rings (SSSR count). The van der Waals surface area contributed by atoms with Gasteiger partial charge in [-0.1, -0.05) is 49.3 Å². The Balaban J connectivity index is 1.78. The average Bonchev–Trinajstić information content (AvgIpc) is 3.91. The molecule has 10 N–H and O–H groups in total. The van der Waals surface area contributed by atoms with Crippen molar-refractivity contribution in [3.8, 4) is 0 Å². The molecule has 1 aliphatic rings. The maximum absolute atomic E-state index is 14.1. The lowest BCUT2D eigenvalue weighted by Gasteiger charge is -2.28. The van der Waals surface area contributed by atoms with Crippen LogP contribution in [0.2, 0.25) is 0 Å². The van der Waals surface area contributed by atoms with E-state index < -0.39 is 86.4 Å². The van der Waals surface area contributed by atoms with Crippen molar-refractivity contribution in [3.05, 3.63) is 54.1 Å². The summed E-state index contributed by atoms with van der Waals surface area (Å²) >= 11 is 0. The molecule has 1 aromatic carbocycles. The molecular formula is C39H60N9O14P. The number of aromatic amines is 1. The van der Waals surface area contributed by atoms with E-state index in [2.05, 4.69) is 40.9 Å². The molecule has 63 heavy (non-hydrogen) atoms. The van der Waals surface area contributed by atoms with Crippen LogP contribution >= 0.6 is 7.82 Å². The van der Waals surface area contributed by atoms with Crippen LogP contribution in [0.3, 0.4) is 0 Å². The molecule has 1 saturated heterocycles. The zero-order valence-corrected chi connectivity index (χ0v) is 36.6. The van der Waals surface area contributed by atoms with E-state index in [0.29, 0.717) is 18.7 Å². The Kier molecular flexibility index (Phi) is 21.8. The fourth-order valence-electron chi connectivity index (χ4n) is 6.49. The van der Waals surface area contributed by atoms with E-state index in [1.54, 1.807) is 6.21 Å². The van der Waals surface area contributed by atoms with Crippen molar-refractivity contribution in [2.45, 2.75) is 102 Å². The van der Waals surface area contributed by atoms with Crippen LogP contribution < -0.4 is 27.0 Å². The standard InChI is InChI=1S/C39H60N9O14P/c1-24(2)17-29(45-39(55)32-19-28(21-48(32)33(50)12-14-60-16-15-59-4)61-43-13-8-11-26-9-6-5-7-10-26)36(52)44-30(18-27-20-41-23-42-27)37(53)46-31(22-49)38(54)47-34(35(40)51)25(3)62-63(56,57)58/h5-7,9-10,13,20,23-25,28-32,34,49H,8,11-12,14-19,21-22H2,1-4H3,(H2,40,51)(H,41,42)(H,44,52)(H,45,55)(H,46,53)(H,47,54)(H2,56,57,58)/b43-13-/t25?,28-,29-,30-,31-,32-,34-/m0/s1. The highest BCUT2D eigenvalue weighted by Gasteiger charge is 2.42. The van der Waals surface area contributed by atoms with Gasteiger partial charge >= 0.3 is 7.82 Å². The summed E-state index contributed by atoms with van der Waals surface area (Å²) in [5.74, 6) is -5.40. The van der Waals surface area contributed by atoms with Gasteiger partial charge in [0.05, 0.1) is 51.8 Å². The minimum atomic E-state index is -5.12. The van der Waals surface area contributed by atoms with Crippen molar-refractivity contribution in [3.63, 3.8) is 0 Å². The number of aliphatic hydroxyl groups excluding tert-OH is 1. The molecule has 0 aliphatic carbocycles. The fraction of sp³-hybridized carbons (Fsp3) is 0.590. The fourth-order valence-corrected chi connectivity index (χ4v) is 7.04. The van der Waals surface area contributed by atoms with Crippen molar-refractivity contribution >= 4 is 49.5 Å². The number of oxime groups is 1. The highest BCUT2D eigenvalue weighted by atomic mass is 31.2. The number of phosphoric ester groups is 1. The molecule has 1 aromatic heterocycles. The van der Waals surface area contributed by atoms with Gasteiger partial charge < -0.3 is 66.1 Å². The van der Waals surface area contributed by atoms with Crippen LogP contribution in [0.1, 0.15) is 57.7 Å². The first kappa shape index (κ1) is 52.1. The Morgan fingerprint density at radius 2 is 1.67 bits per heavy atom. The van der Waals surface area contributed by atoms with Crippen molar-refractivity contribution in [1.82, 2.24) is 36.1 Å². The molecule has 6 amide bonds. The second kappa shape index (κ2) is 26.4. The monoisotopic (exact) mass is 909 g/mol. The third-order valence-electron chi connectivity index (χ3n) is 9.61. The number of rotatable bonds is 28. The maximum atomic E-state index is 14.1. The molecule has 1 fully saturated rings. The van der Waals surface area contributed by atoms with Crippen molar-refractivity contribution in [2.75, 3.05) is 40.1 Å². The van der Waals surface area contributed by atoms with Crippen LogP contribution in [0.15, 0.2) is 48.0 Å². The number of carbonyl (C=O) groups is 6. The number of hydrogen-bond acceptors (Lipinski definition) is 14. The largest absolute Gasteiger partial charge is 0.469 e. The van der Waals surface area contributed by atoms with Crippen LogP contribution in [0, 0.1) is 5.92 Å². The Labute approximate surface area is 364 Å². The molecule has 0 saturated carbocycles. The summed E-state index contributed by atoms with van der Waals surface area (Å²) in [7, 11) is -3.60. The van der Waals surface area contributed by atoms with Gasteiger partial charge in [-0.15, -0.1) is 0 Å². The lowest BCUT2D eigenvalue weighted by molar-refractivity contribution is -0.140. The third kappa shape index (κ3) is 18.5. The number of H-pyrrole nitrogens is 1. The molecule has 1 aliphatic heterocycles. The number of amides is 6. The first-order chi connectivity index (χ1) is 29.9. The van der Waals surface area contributed by atoms with Gasteiger partial charge in [0.25, 0.3) is 0 Å². The lowest BCUT2D eigenvalue weighted by atomic mass is 10.0. The summed E-state index contributed by atoms with van der Waals surface area (Å²) < 4.78 is 26.3. The smallest absolute Gasteiger partial charge is 0.394 e. The number of hydrogen-bond donors (Lipinski definition) is 9. The van der Waals surface area contributed by atoms with E-state index in [1.165, 1.54) is 24.5 Å². The minimum Gasteiger partial charge on any atom is -0.394 e. The van der Waals surface area contributed by atoms with E-state index in [9.17, 15) is 38.4 Å². The van der Waals surface area contributed by atoms with Crippen LogP contribution in [0.4, 0.5) is 0 Å². The molecule has 1 unspecified atom stereocenters. The van der Waals surface area contributed by atoms with Crippen LogP contribution in [-0.4, -0.2) is 154 Å². The summed E-state index contributed by atoms with van der Waals surface area (Å²) in [6.07, 6.45) is 3.28.